The first-order valence-electron chi connectivity index (χ1n) is 4.94. The Bertz CT molecular complexity index is 246. The van der Waals surface area contributed by atoms with E-state index in [4.69, 9.17) is 5.73 Å². The molecular weight excluding hydrogens is 194 g/mol. The van der Waals surface area contributed by atoms with Crippen LogP contribution < -0.4 is 11.1 Å². The number of primary amides is 1. The topological polar surface area (TPSA) is 75.4 Å². The van der Waals surface area contributed by atoms with Crippen LogP contribution in [-0.2, 0) is 4.79 Å². The summed E-state index contributed by atoms with van der Waals surface area (Å²) in [7, 11) is 1.84. The predicted octanol–water partition coefficient (Wildman–Crippen LogP) is 0.548. The summed E-state index contributed by atoms with van der Waals surface area (Å²) >= 11 is 0. The second kappa shape index (κ2) is 5.11. The van der Waals surface area contributed by atoms with Crippen molar-refractivity contribution in [2.75, 3.05) is 13.6 Å². The zero-order valence-corrected chi connectivity index (χ0v) is 10.1. The molecule has 0 saturated carbocycles. The first kappa shape index (κ1) is 13.9. The molecule has 0 aromatic rings. The number of nitrogens with one attached hydrogen (secondary N) is 1. The van der Waals surface area contributed by atoms with E-state index in [-0.39, 0.29) is 23.9 Å². The monoisotopic (exact) mass is 215 g/mol. The van der Waals surface area contributed by atoms with Crippen molar-refractivity contribution in [2.24, 2.45) is 11.1 Å². The van der Waals surface area contributed by atoms with Crippen LogP contribution in [0.3, 0.4) is 0 Å². The van der Waals surface area contributed by atoms with Crippen molar-refractivity contribution in [3.05, 3.63) is 0 Å². The van der Waals surface area contributed by atoms with Gasteiger partial charge in [-0.2, -0.15) is 0 Å². The SMILES string of the molecule is C[C@@H](N(C)CC(=O)NC(N)=O)C(C)(C)C. The molecule has 0 bridgehead atoms. The molecule has 0 unspecified atom stereocenters. The Morgan fingerprint density at radius 3 is 2.20 bits per heavy atom. The maximum absolute atomic E-state index is 11.2. The third-order valence-electron chi connectivity index (χ3n) is 2.57. The molecule has 0 aliphatic carbocycles. The molecule has 0 fully saturated rings. The van der Waals surface area contributed by atoms with Gasteiger partial charge in [0.15, 0.2) is 0 Å². The van der Waals surface area contributed by atoms with Crippen molar-refractivity contribution in [1.29, 1.82) is 0 Å². The Balaban J connectivity index is 4.19. The molecule has 0 heterocycles. The molecule has 5 nitrogen and oxygen atoms in total. The van der Waals surface area contributed by atoms with Crippen LogP contribution in [0.5, 0.6) is 0 Å². The van der Waals surface area contributed by atoms with E-state index in [0.29, 0.717) is 0 Å². The third kappa shape index (κ3) is 5.37. The van der Waals surface area contributed by atoms with Gasteiger partial charge < -0.3 is 5.73 Å². The number of imide groups is 1. The molecule has 0 aromatic heterocycles. The van der Waals surface area contributed by atoms with Crippen LogP contribution in [-0.4, -0.2) is 36.5 Å². The largest absolute Gasteiger partial charge is 0.351 e. The Morgan fingerprint density at radius 1 is 1.40 bits per heavy atom. The maximum Gasteiger partial charge on any atom is 0.318 e. The fraction of sp³-hybridized carbons (Fsp3) is 0.800. The van der Waals surface area contributed by atoms with E-state index in [2.05, 4.69) is 20.8 Å². The fourth-order valence-electron chi connectivity index (χ4n) is 1.20. The smallest absolute Gasteiger partial charge is 0.318 e. The average molecular weight is 215 g/mol. The Kier molecular flexibility index (Phi) is 4.74. The molecule has 3 amide bonds. The number of hydrogen-bond donors (Lipinski definition) is 2. The van der Waals surface area contributed by atoms with Crippen molar-refractivity contribution in [1.82, 2.24) is 10.2 Å². The third-order valence-corrected chi connectivity index (χ3v) is 2.57. The Morgan fingerprint density at radius 2 is 1.87 bits per heavy atom. The van der Waals surface area contributed by atoms with Crippen LogP contribution in [0.2, 0.25) is 0 Å². The fourth-order valence-corrected chi connectivity index (χ4v) is 1.20. The van der Waals surface area contributed by atoms with Gasteiger partial charge in [-0.3, -0.25) is 15.0 Å². The van der Waals surface area contributed by atoms with Gasteiger partial charge in [0, 0.05) is 6.04 Å². The minimum Gasteiger partial charge on any atom is -0.351 e. The summed E-state index contributed by atoms with van der Waals surface area (Å²) in [4.78, 5) is 23.6. The van der Waals surface area contributed by atoms with Crippen LogP contribution in [0.4, 0.5) is 4.79 Å². The lowest BCUT2D eigenvalue weighted by atomic mass is 9.87. The van der Waals surface area contributed by atoms with E-state index < -0.39 is 6.03 Å². The van der Waals surface area contributed by atoms with Gasteiger partial charge in [-0.25, -0.2) is 4.79 Å². The van der Waals surface area contributed by atoms with Crippen molar-refractivity contribution >= 4 is 11.9 Å². The lowest BCUT2D eigenvalue weighted by Crippen LogP contribution is -2.46. The number of hydrogen-bond acceptors (Lipinski definition) is 3. The van der Waals surface area contributed by atoms with Crippen molar-refractivity contribution in [2.45, 2.75) is 33.7 Å². The van der Waals surface area contributed by atoms with Gasteiger partial charge in [-0.05, 0) is 19.4 Å². The standard InChI is InChI=1S/C10H21N3O2/c1-7(10(2,3)4)13(5)6-8(14)12-9(11)15/h7H,6H2,1-5H3,(H3,11,12,14,15)/t7-/m1/s1. The second-order valence-corrected chi connectivity index (χ2v) is 4.87. The van der Waals surface area contributed by atoms with Gasteiger partial charge in [-0.1, -0.05) is 20.8 Å². The van der Waals surface area contributed by atoms with Gasteiger partial charge in [-0.15, -0.1) is 0 Å². The summed E-state index contributed by atoms with van der Waals surface area (Å²) in [6.45, 7) is 8.50. The zero-order valence-electron chi connectivity index (χ0n) is 10.1. The number of carbonyl (C=O) groups is 2. The number of nitrogens with two attached hydrogens (primary N) is 1. The van der Waals surface area contributed by atoms with Gasteiger partial charge in [0.25, 0.3) is 0 Å². The second-order valence-electron chi connectivity index (χ2n) is 4.87. The van der Waals surface area contributed by atoms with Gasteiger partial charge >= 0.3 is 6.03 Å². The molecule has 0 spiro atoms. The van der Waals surface area contributed by atoms with Crippen molar-refractivity contribution in [3.63, 3.8) is 0 Å². The Labute approximate surface area is 91.0 Å². The number of carbonyl (C=O) groups excluding carboxylic acids is 2. The molecule has 0 rings (SSSR count). The minimum absolute atomic E-state index is 0.0851. The number of urea groups is 1. The van der Waals surface area contributed by atoms with Crippen LogP contribution in [0, 0.1) is 5.41 Å². The molecule has 0 saturated heterocycles. The zero-order chi connectivity index (χ0) is 12.2. The lowest BCUT2D eigenvalue weighted by Gasteiger charge is -2.34. The van der Waals surface area contributed by atoms with E-state index in [1.54, 1.807) is 0 Å². The number of nitrogens with zero attached hydrogens (tertiary/aromatic N) is 1. The summed E-state index contributed by atoms with van der Waals surface area (Å²) in [5.74, 6) is -0.374. The molecule has 3 N–H and O–H groups in total. The molecule has 0 radical (unpaired) electrons. The van der Waals surface area contributed by atoms with Crippen LogP contribution in [0.1, 0.15) is 27.7 Å². The molecule has 15 heavy (non-hydrogen) atoms. The highest BCUT2D eigenvalue weighted by molar-refractivity contribution is 5.94. The van der Waals surface area contributed by atoms with Crippen LogP contribution in [0.25, 0.3) is 0 Å². The van der Waals surface area contributed by atoms with Crippen LogP contribution in [0.15, 0.2) is 0 Å². The molecule has 1 atom stereocenters. The number of likely N-dealkylation sites (N-methyl/N-ethyl adjacent to an activating group) is 1. The van der Waals surface area contributed by atoms with E-state index in [1.165, 1.54) is 0 Å². The predicted molar refractivity (Wildman–Crippen MR) is 59.3 cm³/mol. The summed E-state index contributed by atoms with van der Waals surface area (Å²) in [6.07, 6.45) is 0. The van der Waals surface area contributed by atoms with E-state index in [1.807, 2.05) is 24.2 Å². The lowest BCUT2D eigenvalue weighted by molar-refractivity contribution is -0.121. The molecule has 88 valence electrons. The molecule has 0 aromatic carbocycles. The summed E-state index contributed by atoms with van der Waals surface area (Å²) in [6, 6.07) is -0.576. The van der Waals surface area contributed by atoms with Crippen LogP contribution >= 0.6 is 0 Å². The normalized spacial score (nSPS) is 13.7. The van der Waals surface area contributed by atoms with Gasteiger partial charge in [0.05, 0.1) is 6.54 Å². The van der Waals surface area contributed by atoms with Crippen molar-refractivity contribution in [3.8, 4) is 0 Å². The highest BCUT2D eigenvalue weighted by atomic mass is 16.2. The molecule has 0 aliphatic heterocycles. The average Bonchev–Trinajstić information content (AvgIpc) is 1.99. The van der Waals surface area contributed by atoms with Gasteiger partial charge in [0.2, 0.25) is 5.91 Å². The first-order valence-corrected chi connectivity index (χ1v) is 4.94. The Hall–Kier alpha value is -1.10. The van der Waals surface area contributed by atoms with Gasteiger partial charge in [0.1, 0.15) is 0 Å². The van der Waals surface area contributed by atoms with E-state index in [0.717, 1.165) is 0 Å². The highest BCUT2D eigenvalue weighted by Crippen LogP contribution is 2.22. The molecule has 0 aliphatic rings. The summed E-state index contributed by atoms with van der Waals surface area (Å²) < 4.78 is 0. The van der Waals surface area contributed by atoms with E-state index in [9.17, 15) is 9.59 Å². The summed E-state index contributed by atoms with van der Waals surface area (Å²) in [5, 5.41) is 2.04. The highest BCUT2D eigenvalue weighted by Gasteiger charge is 2.25. The quantitative estimate of drug-likeness (QED) is 0.721. The maximum atomic E-state index is 11.2. The first-order chi connectivity index (χ1) is 6.64. The minimum atomic E-state index is -0.809. The van der Waals surface area contributed by atoms with E-state index >= 15 is 0 Å². The number of amides is 3. The molecule has 5 heteroatoms. The number of rotatable bonds is 3. The summed E-state index contributed by atoms with van der Waals surface area (Å²) in [5.41, 5.74) is 4.93. The van der Waals surface area contributed by atoms with Crippen molar-refractivity contribution < 1.29 is 9.59 Å². The molecular formula is C10H21N3O2.